The van der Waals surface area contributed by atoms with E-state index in [1.807, 2.05) is 49.1 Å². The van der Waals surface area contributed by atoms with Crippen molar-refractivity contribution < 1.29 is 0 Å². The van der Waals surface area contributed by atoms with Gasteiger partial charge in [-0.2, -0.15) is 0 Å². The predicted octanol–water partition coefficient (Wildman–Crippen LogP) is 2.46. The van der Waals surface area contributed by atoms with Crippen LogP contribution in [0.15, 0.2) is 30.5 Å². The van der Waals surface area contributed by atoms with Crippen molar-refractivity contribution in [3.8, 4) is 11.4 Å². The molecule has 0 bridgehead atoms. The summed E-state index contributed by atoms with van der Waals surface area (Å²) in [6, 6.07) is 7.72. The van der Waals surface area contributed by atoms with Crippen LogP contribution >= 0.6 is 11.6 Å². The van der Waals surface area contributed by atoms with Crippen LogP contribution < -0.4 is 5.32 Å². The molecule has 2 rings (SSSR count). The van der Waals surface area contributed by atoms with Gasteiger partial charge in [-0.3, -0.25) is 0 Å². The highest BCUT2D eigenvalue weighted by Gasteiger charge is 2.06. The first kappa shape index (κ1) is 11.2. The Morgan fingerprint density at radius 1 is 1.31 bits per heavy atom. The lowest BCUT2D eigenvalue weighted by atomic mass is 10.2. The van der Waals surface area contributed by atoms with Crippen molar-refractivity contribution in [1.82, 2.24) is 14.9 Å². The van der Waals surface area contributed by atoms with Gasteiger partial charge in [-0.1, -0.05) is 11.6 Å². The fourth-order valence-corrected chi connectivity index (χ4v) is 1.79. The second kappa shape index (κ2) is 4.68. The number of halogens is 1. The molecule has 1 N–H and O–H groups in total. The van der Waals surface area contributed by atoms with Gasteiger partial charge in [-0.15, -0.1) is 0 Å². The molecule has 3 nitrogen and oxygen atoms in total. The number of hydrogen-bond acceptors (Lipinski definition) is 2. The largest absolute Gasteiger partial charge is 0.334 e. The minimum atomic E-state index is 0.744. The Bertz CT molecular complexity index is 474. The van der Waals surface area contributed by atoms with Crippen LogP contribution in [0.3, 0.4) is 0 Å². The molecule has 0 aliphatic heterocycles. The Labute approximate surface area is 100 Å². The number of rotatable bonds is 3. The highest BCUT2D eigenvalue weighted by molar-refractivity contribution is 6.30. The minimum absolute atomic E-state index is 0.744. The number of hydrogen-bond donors (Lipinski definition) is 1. The van der Waals surface area contributed by atoms with Crippen molar-refractivity contribution in [2.45, 2.75) is 6.54 Å². The molecule has 0 aliphatic rings. The summed E-state index contributed by atoms with van der Waals surface area (Å²) < 4.78 is 2.02. The van der Waals surface area contributed by atoms with Crippen molar-refractivity contribution >= 4 is 11.6 Å². The number of aryl methyl sites for hydroxylation is 1. The molecule has 0 saturated heterocycles. The van der Waals surface area contributed by atoms with E-state index in [1.165, 1.54) is 0 Å². The third-order valence-electron chi connectivity index (χ3n) is 2.39. The molecule has 0 amide bonds. The van der Waals surface area contributed by atoms with Crippen LogP contribution in [0.2, 0.25) is 5.02 Å². The smallest absolute Gasteiger partial charge is 0.140 e. The zero-order valence-electron chi connectivity index (χ0n) is 9.37. The van der Waals surface area contributed by atoms with Crippen molar-refractivity contribution in [3.63, 3.8) is 0 Å². The first-order valence-corrected chi connectivity index (χ1v) is 5.51. The molecular weight excluding hydrogens is 222 g/mol. The normalized spacial score (nSPS) is 10.7. The molecule has 0 aliphatic carbocycles. The molecule has 84 valence electrons. The Hall–Kier alpha value is -1.32. The second-order valence-electron chi connectivity index (χ2n) is 3.70. The third-order valence-corrected chi connectivity index (χ3v) is 2.64. The standard InChI is InChI=1S/C12H14ClN3/c1-14-7-11-8-16(2)12(15-11)9-3-5-10(13)6-4-9/h3-6,8,14H,7H2,1-2H3. The van der Waals surface area contributed by atoms with Crippen LogP contribution in [0.4, 0.5) is 0 Å². The Morgan fingerprint density at radius 3 is 2.62 bits per heavy atom. The van der Waals surface area contributed by atoms with E-state index in [-0.39, 0.29) is 0 Å². The molecule has 0 radical (unpaired) electrons. The average Bonchev–Trinajstić information content (AvgIpc) is 2.61. The first-order chi connectivity index (χ1) is 7.70. The van der Waals surface area contributed by atoms with E-state index < -0.39 is 0 Å². The number of benzene rings is 1. The molecule has 0 unspecified atom stereocenters. The van der Waals surface area contributed by atoms with Crippen LogP contribution in [0.1, 0.15) is 5.69 Å². The first-order valence-electron chi connectivity index (χ1n) is 5.13. The van der Waals surface area contributed by atoms with Crippen LogP contribution in [0, 0.1) is 0 Å². The van der Waals surface area contributed by atoms with E-state index in [0.717, 1.165) is 28.6 Å². The summed E-state index contributed by atoms with van der Waals surface area (Å²) in [5.41, 5.74) is 2.12. The van der Waals surface area contributed by atoms with Gasteiger partial charge in [0.1, 0.15) is 5.82 Å². The van der Waals surface area contributed by atoms with Gasteiger partial charge >= 0.3 is 0 Å². The van der Waals surface area contributed by atoms with E-state index in [1.54, 1.807) is 0 Å². The van der Waals surface area contributed by atoms with E-state index in [9.17, 15) is 0 Å². The molecule has 16 heavy (non-hydrogen) atoms. The van der Waals surface area contributed by atoms with Crippen LogP contribution in [0.25, 0.3) is 11.4 Å². The highest BCUT2D eigenvalue weighted by atomic mass is 35.5. The zero-order chi connectivity index (χ0) is 11.5. The minimum Gasteiger partial charge on any atom is -0.334 e. The SMILES string of the molecule is CNCc1cn(C)c(-c2ccc(Cl)cc2)n1. The maximum absolute atomic E-state index is 5.86. The van der Waals surface area contributed by atoms with Gasteiger partial charge in [0.2, 0.25) is 0 Å². The second-order valence-corrected chi connectivity index (χ2v) is 4.14. The zero-order valence-corrected chi connectivity index (χ0v) is 10.1. The number of aromatic nitrogens is 2. The van der Waals surface area contributed by atoms with Gasteiger partial charge in [0.15, 0.2) is 0 Å². The van der Waals surface area contributed by atoms with Crippen molar-refractivity contribution in [3.05, 3.63) is 41.2 Å². The van der Waals surface area contributed by atoms with E-state index in [2.05, 4.69) is 10.3 Å². The molecule has 0 saturated carbocycles. The lowest BCUT2D eigenvalue weighted by molar-refractivity contribution is 0.795. The maximum Gasteiger partial charge on any atom is 0.140 e. The third kappa shape index (κ3) is 2.26. The average molecular weight is 236 g/mol. The Morgan fingerprint density at radius 2 is 2.00 bits per heavy atom. The number of nitrogens with zero attached hydrogens (tertiary/aromatic N) is 2. The predicted molar refractivity (Wildman–Crippen MR) is 66.4 cm³/mol. The molecule has 1 aromatic heterocycles. The molecular formula is C12H14ClN3. The number of nitrogens with one attached hydrogen (secondary N) is 1. The summed E-state index contributed by atoms with van der Waals surface area (Å²) >= 11 is 5.86. The van der Waals surface area contributed by atoms with E-state index >= 15 is 0 Å². The molecule has 2 aromatic rings. The summed E-state index contributed by atoms with van der Waals surface area (Å²) in [6.07, 6.45) is 2.03. The topological polar surface area (TPSA) is 29.9 Å². The lowest BCUT2D eigenvalue weighted by Gasteiger charge is -2.00. The molecule has 0 spiro atoms. The Kier molecular flexibility index (Phi) is 3.27. The van der Waals surface area contributed by atoms with Crippen molar-refractivity contribution in [2.24, 2.45) is 7.05 Å². The van der Waals surface area contributed by atoms with Gasteiger partial charge in [0.05, 0.1) is 5.69 Å². The highest BCUT2D eigenvalue weighted by Crippen LogP contribution is 2.20. The molecule has 0 atom stereocenters. The van der Waals surface area contributed by atoms with Crippen LogP contribution in [-0.4, -0.2) is 16.6 Å². The van der Waals surface area contributed by atoms with Crippen molar-refractivity contribution in [2.75, 3.05) is 7.05 Å². The van der Waals surface area contributed by atoms with Crippen LogP contribution in [0.5, 0.6) is 0 Å². The van der Waals surface area contributed by atoms with Gasteiger partial charge in [0.25, 0.3) is 0 Å². The van der Waals surface area contributed by atoms with Gasteiger partial charge < -0.3 is 9.88 Å². The summed E-state index contributed by atoms with van der Waals surface area (Å²) in [5, 5.41) is 3.83. The summed E-state index contributed by atoms with van der Waals surface area (Å²) in [7, 11) is 3.91. The summed E-state index contributed by atoms with van der Waals surface area (Å²) in [4.78, 5) is 4.56. The van der Waals surface area contributed by atoms with E-state index in [4.69, 9.17) is 11.6 Å². The molecule has 1 heterocycles. The summed E-state index contributed by atoms with van der Waals surface area (Å²) in [6.45, 7) is 0.779. The Balaban J connectivity index is 2.36. The number of imidazole rings is 1. The van der Waals surface area contributed by atoms with Gasteiger partial charge in [-0.05, 0) is 31.3 Å². The molecule has 1 aromatic carbocycles. The molecule has 0 fully saturated rings. The lowest BCUT2D eigenvalue weighted by Crippen LogP contribution is -2.04. The van der Waals surface area contributed by atoms with Crippen molar-refractivity contribution in [1.29, 1.82) is 0 Å². The monoisotopic (exact) mass is 235 g/mol. The van der Waals surface area contributed by atoms with Crippen LogP contribution in [-0.2, 0) is 13.6 Å². The fraction of sp³-hybridized carbons (Fsp3) is 0.250. The molecule has 4 heteroatoms. The summed E-state index contributed by atoms with van der Waals surface area (Å²) in [5.74, 6) is 0.960. The maximum atomic E-state index is 5.86. The van der Waals surface area contributed by atoms with Gasteiger partial charge in [0, 0.05) is 30.4 Å². The van der Waals surface area contributed by atoms with E-state index in [0.29, 0.717) is 0 Å². The van der Waals surface area contributed by atoms with Gasteiger partial charge in [-0.25, -0.2) is 4.98 Å². The fourth-order valence-electron chi connectivity index (χ4n) is 1.66. The quantitative estimate of drug-likeness (QED) is 0.886.